The van der Waals surface area contributed by atoms with Crippen LogP contribution < -0.4 is 5.32 Å². The Morgan fingerprint density at radius 1 is 1.08 bits per heavy atom. The maximum atomic E-state index is 10.0. The molecule has 3 unspecified atom stereocenters. The monoisotopic (exact) mass is 338 g/mol. The minimum absolute atomic E-state index is 0.222. The van der Waals surface area contributed by atoms with Gasteiger partial charge in [0.2, 0.25) is 0 Å². The summed E-state index contributed by atoms with van der Waals surface area (Å²) in [6, 6.07) is 9.46. The van der Waals surface area contributed by atoms with Crippen LogP contribution in [-0.2, 0) is 12.8 Å². The van der Waals surface area contributed by atoms with E-state index in [2.05, 4.69) is 29.6 Å². The fourth-order valence-electron chi connectivity index (χ4n) is 4.65. The van der Waals surface area contributed by atoms with Crippen molar-refractivity contribution in [3.8, 4) is 0 Å². The summed E-state index contributed by atoms with van der Waals surface area (Å²) in [6.45, 7) is 0. The molecule has 4 heteroatoms. The lowest BCUT2D eigenvalue weighted by Crippen LogP contribution is -2.25. The third kappa shape index (κ3) is 2.91. The molecule has 0 amide bonds. The first-order valence-corrected chi connectivity index (χ1v) is 9.72. The van der Waals surface area contributed by atoms with Gasteiger partial charge in [0, 0.05) is 11.4 Å². The molecule has 3 N–H and O–H groups in total. The second kappa shape index (κ2) is 5.96. The van der Waals surface area contributed by atoms with Crippen molar-refractivity contribution in [3.63, 3.8) is 0 Å². The number of pyridine rings is 1. The van der Waals surface area contributed by atoms with Gasteiger partial charge in [0.15, 0.2) is 0 Å². The van der Waals surface area contributed by atoms with Gasteiger partial charge in [-0.25, -0.2) is 4.98 Å². The number of rotatable bonds is 4. The average Bonchev–Trinajstić information content (AvgIpc) is 3.31. The molecule has 2 aromatic rings. The van der Waals surface area contributed by atoms with E-state index in [-0.39, 0.29) is 5.92 Å². The van der Waals surface area contributed by atoms with Crippen LogP contribution in [0.2, 0.25) is 0 Å². The molecule has 3 aliphatic rings. The lowest BCUT2D eigenvalue weighted by atomic mass is 9.95. The number of aliphatic hydroxyl groups excluding tert-OH is 2. The van der Waals surface area contributed by atoms with Crippen LogP contribution in [0.25, 0.3) is 10.9 Å². The molecule has 0 bridgehead atoms. The highest BCUT2D eigenvalue weighted by Crippen LogP contribution is 2.40. The van der Waals surface area contributed by atoms with Crippen molar-refractivity contribution in [2.24, 2.45) is 11.8 Å². The molecule has 0 saturated heterocycles. The van der Waals surface area contributed by atoms with Gasteiger partial charge in [-0.05, 0) is 80.0 Å². The molecule has 132 valence electrons. The van der Waals surface area contributed by atoms with Gasteiger partial charge in [0.25, 0.3) is 0 Å². The number of hydrogen-bond donors (Lipinski definition) is 3. The molecule has 2 aliphatic carbocycles. The van der Waals surface area contributed by atoms with Crippen molar-refractivity contribution in [2.75, 3.05) is 5.32 Å². The fraction of sp³-hybridized carbons (Fsp3) is 0.571. The van der Waals surface area contributed by atoms with E-state index in [1.54, 1.807) is 0 Å². The summed E-state index contributed by atoms with van der Waals surface area (Å²) < 4.78 is 0. The smallest absolute Gasteiger partial charge is 0.130 e. The number of benzene rings is 1. The number of anilines is 1. The summed E-state index contributed by atoms with van der Waals surface area (Å²) in [5, 5.41) is 24.6. The summed E-state index contributed by atoms with van der Waals surface area (Å²) in [7, 11) is 0. The van der Waals surface area contributed by atoms with Crippen LogP contribution in [-0.4, -0.2) is 33.4 Å². The van der Waals surface area contributed by atoms with Gasteiger partial charge < -0.3 is 15.5 Å². The molecule has 0 radical (unpaired) electrons. The molecule has 1 aromatic heterocycles. The van der Waals surface area contributed by atoms with Crippen LogP contribution in [0.15, 0.2) is 24.3 Å². The van der Waals surface area contributed by atoms with E-state index < -0.39 is 12.2 Å². The summed E-state index contributed by atoms with van der Waals surface area (Å²) >= 11 is 0. The molecular formula is C21H26N2O2. The van der Waals surface area contributed by atoms with Gasteiger partial charge in [-0.15, -0.1) is 0 Å². The maximum Gasteiger partial charge on any atom is 0.130 e. The highest BCUT2D eigenvalue weighted by molar-refractivity contribution is 5.83. The van der Waals surface area contributed by atoms with E-state index in [4.69, 9.17) is 4.98 Å². The number of aryl methyl sites for hydroxylation is 1. The molecule has 2 saturated carbocycles. The van der Waals surface area contributed by atoms with Gasteiger partial charge >= 0.3 is 0 Å². The fourth-order valence-corrected chi connectivity index (χ4v) is 4.65. The standard InChI is InChI=1S/C21H26N2O2/c24-19-8-7-14(20(19)25)3-1-12-2-4-15-10-16-11-18(13-5-6-13)23-21(16)22-17(15)9-12/h2,4,9-10,13-14,18-20,24-25H,1,3,5-8,11H2,(H,22,23)/t14?,18-,19?,20?/m1/s1. The molecule has 25 heavy (non-hydrogen) atoms. The number of aliphatic hydroxyl groups is 2. The highest BCUT2D eigenvalue weighted by Gasteiger charge is 2.36. The van der Waals surface area contributed by atoms with E-state index in [1.165, 1.54) is 29.4 Å². The van der Waals surface area contributed by atoms with Crippen LogP contribution in [0.4, 0.5) is 5.82 Å². The Morgan fingerprint density at radius 2 is 1.96 bits per heavy atom. The van der Waals surface area contributed by atoms with Crippen LogP contribution in [0.3, 0.4) is 0 Å². The molecule has 4 atom stereocenters. The minimum atomic E-state index is -0.551. The molecule has 1 aliphatic heterocycles. The van der Waals surface area contributed by atoms with Crippen LogP contribution in [0.5, 0.6) is 0 Å². The number of nitrogens with one attached hydrogen (secondary N) is 1. The van der Waals surface area contributed by atoms with Gasteiger partial charge in [0.1, 0.15) is 5.82 Å². The van der Waals surface area contributed by atoms with Gasteiger partial charge in [-0.1, -0.05) is 12.1 Å². The van der Waals surface area contributed by atoms with Crippen molar-refractivity contribution in [2.45, 2.75) is 63.2 Å². The average molecular weight is 338 g/mol. The van der Waals surface area contributed by atoms with E-state index >= 15 is 0 Å². The Kier molecular flexibility index (Phi) is 3.72. The van der Waals surface area contributed by atoms with E-state index in [1.807, 2.05) is 0 Å². The first-order chi connectivity index (χ1) is 12.2. The maximum absolute atomic E-state index is 10.0. The van der Waals surface area contributed by atoms with Crippen molar-refractivity contribution in [3.05, 3.63) is 35.4 Å². The lowest BCUT2D eigenvalue weighted by Gasteiger charge is -2.16. The van der Waals surface area contributed by atoms with Gasteiger partial charge in [-0.3, -0.25) is 0 Å². The molecule has 1 aromatic carbocycles. The summed E-state index contributed by atoms with van der Waals surface area (Å²) in [5.74, 6) is 2.15. The summed E-state index contributed by atoms with van der Waals surface area (Å²) in [5.41, 5.74) is 3.69. The Bertz CT molecular complexity index is 802. The predicted molar refractivity (Wildman–Crippen MR) is 98.6 cm³/mol. The number of hydrogen-bond acceptors (Lipinski definition) is 4. The van der Waals surface area contributed by atoms with Crippen molar-refractivity contribution >= 4 is 16.7 Å². The molecule has 4 nitrogen and oxygen atoms in total. The summed E-state index contributed by atoms with van der Waals surface area (Å²) in [4.78, 5) is 4.88. The lowest BCUT2D eigenvalue weighted by molar-refractivity contribution is 0.0189. The first kappa shape index (κ1) is 15.6. The zero-order valence-corrected chi connectivity index (χ0v) is 14.5. The predicted octanol–water partition coefficient (Wildman–Crippen LogP) is 3.05. The van der Waals surface area contributed by atoms with Crippen LogP contribution >= 0.6 is 0 Å². The molecule has 2 fully saturated rings. The van der Waals surface area contributed by atoms with Gasteiger partial charge in [-0.2, -0.15) is 0 Å². The van der Waals surface area contributed by atoms with Crippen molar-refractivity contribution in [1.29, 1.82) is 0 Å². The van der Waals surface area contributed by atoms with Crippen LogP contribution in [0.1, 0.15) is 43.2 Å². The second-order valence-electron chi connectivity index (χ2n) is 8.25. The van der Waals surface area contributed by atoms with E-state index in [9.17, 15) is 10.2 Å². The topological polar surface area (TPSA) is 65.4 Å². The quantitative estimate of drug-likeness (QED) is 0.802. The number of fused-ring (bicyclic) bond motifs is 2. The first-order valence-electron chi connectivity index (χ1n) is 9.72. The van der Waals surface area contributed by atoms with Gasteiger partial charge in [0.05, 0.1) is 17.7 Å². The second-order valence-corrected chi connectivity index (χ2v) is 8.25. The molecule has 2 heterocycles. The van der Waals surface area contributed by atoms with Crippen molar-refractivity contribution < 1.29 is 10.2 Å². The third-order valence-electron chi connectivity index (χ3n) is 6.43. The Labute approximate surface area is 148 Å². The number of aromatic nitrogens is 1. The van der Waals surface area contributed by atoms with E-state index in [0.717, 1.165) is 49.4 Å². The molecule has 5 rings (SSSR count). The largest absolute Gasteiger partial charge is 0.390 e. The zero-order valence-electron chi connectivity index (χ0n) is 14.5. The highest BCUT2D eigenvalue weighted by atomic mass is 16.3. The number of nitrogens with zero attached hydrogens (tertiary/aromatic N) is 1. The molecule has 0 spiro atoms. The molecular weight excluding hydrogens is 312 g/mol. The Hall–Kier alpha value is -1.65. The van der Waals surface area contributed by atoms with Crippen LogP contribution in [0, 0.1) is 11.8 Å². The zero-order chi connectivity index (χ0) is 17.0. The third-order valence-corrected chi connectivity index (χ3v) is 6.43. The SMILES string of the molecule is OC1CCC(CCc2ccc3cc4c(nc3c2)N[C@@H](C2CC2)C4)C1O. The normalized spacial score (nSPS) is 31.3. The van der Waals surface area contributed by atoms with E-state index in [0.29, 0.717) is 6.04 Å². The Balaban J connectivity index is 1.33. The minimum Gasteiger partial charge on any atom is -0.390 e. The summed E-state index contributed by atoms with van der Waals surface area (Å²) in [6.07, 6.45) is 6.26. The Morgan fingerprint density at radius 3 is 2.72 bits per heavy atom. The van der Waals surface area contributed by atoms with Crippen molar-refractivity contribution in [1.82, 2.24) is 4.98 Å².